The van der Waals surface area contributed by atoms with Gasteiger partial charge in [0, 0.05) is 11.8 Å². The molecular formula is C9H16N2S. The number of aryl methyl sites for hydroxylation is 1. The molecule has 1 aromatic rings. The van der Waals surface area contributed by atoms with Crippen molar-refractivity contribution in [1.29, 1.82) is 0 Å². The van der Waals surface area contributed by atoms with Gasteiger partial charge >= 0.3 is 0 Å². The lowest BCUT2D eigenvalue weighted by molar-refractivity contribution is 0.552. The summed E-state index contributed by atoms with van der Waals surface area (Å²) in [6.45, 7) is 8.60. The molecule has 0 N–H and O–H groups in total. The fourth-order valence-electron chi connectivity index (χ4n) is 0.875. The molecule has 0 saturated heterocycles. The van der Waals surface area contributed by atoms with Crippen LogP contribution < -0.4 is 0 Å². The Morgan fingerprint density at radius 1 is 1.33 bits per heavy atom. The number of hydrogen-bond acceptors (Lipinski definition) is 3. The highest BCUT2D eigenvalue weighted by Crippen LogP contribution is 2.20. The zero-order valence-electron chi connectivity index (χ0n) is 8.22. The van der Waals surface area contributed by atoms with Crippen LogP contribution in [0.1, 0.15) is 44.9 Å². The molecule has 0 aromatic carbocycles. The molecule has 0 aliphatic carbocycles. The van der Waals surface area contributed by atoms with E-state index in [1.165, 1.54) is 16.5 Å². The third-order valence-electron chi connectivity index (χ3n) is 1.60. The quantitative estimate of drug-likeness (QED) is 0.706. The van der Waals surface area contributed by atoms with E-state index >= 15 is 0 Å². The summed E-state index contributed by atoms with van der Waals surface area (Å²) in [7, 11) is 0. The maximum atomic E-state index is 4.48. The van der Waals surface area contributed by atoms with Crippen LogP contribution in [0.3, 0.4) is 0 Å². The topological polar surface area (TPSA) is 25.8 Å². The van der Waals surface area contributed by atoms with Gasteiger partial charge in [-0.05, 0) is 18.0 Å². The van der Waals surface area contributed by atoms with Crippen LogP contribution in [-0.4, -0.2) is 9.36 Å². The van der Waals surface area contributed by atoms with E-state index in [1.54, 1.807) is 0 Å². The molecule has 12 heavy (non-hydrogen) atoms. The molecule has 2 nitrogen and oxygen atoms in total. The van der Waals surface area contributed by atoms with E-state index in [9.17, 15) is 0 Å². The first-order chi connectivity index (χ1) is 5.54. The summed E-state index contributed by atoms with van der Waals surface area (Å²) < 4.78 is 4.34. The fraction of sp³-hybridized carbons (Fsp3) is 0.778. The normalized spacial score (nSPS) is 12.0. The van der Waals surface area contributed by atoms with Gasteiger partial charge in [0.25, 0.3) is 0 Å². The second kappa shape index (κ2) is 3.52. The second-order valence-electron chi connectivity index (χ2n) is 4.01. The van der Waals surface area contributed by atoms with Gasteiger partial charge in [-0.1, -0.05) is 27.7 Å². The number of rotatable bonds is 2. The van der Waals surface area contributed by atoms with Crippen LogP contribution in [0.2, 0.25) is 0 Å². The zero-order valence-corrected chi connectivity index (χ0v) is 9.03. The van der Waals surface area contributed by atoms with Crippen molar-refractivity contribution in [2.75, 3.05) is 0 Å². The monoisotopic (exact) mass is 184 g/mol. The molecule has 0 unspecified atom stereocenters. The smallest absolute Gasteiger partial charge is 0.147 e. The van der Waals surface area contributed by atoms with Crippen molar-refractivity contribution in [3.8, 4) is 0 Å². The van der Waals surface area contributed by atoms with Gasteiger partial charge in [-0.3, -0.25) is 0 Å². The van der Waals surface area contributed by atoms with Crippen molar-refractivity contribution < 1.29 is 0 Å². The highest BCUT2D eigenvalue weighted by molar-refractivity contribution is 7.05. The van der Waals surface area contributed by atoms with Crippen LogP contribution >= 0.6 is 11.5 Å². The Morgan fingerprint density at radius 3 is 2.42 bits per heavy atom. The molecule has 1 aromatic heterocycles. The molecule has 0 amide bonds. The SMILES string of the molecule is CCCc1nc(C(C)(C)C)ns1. The number of nitrogens with zero attached hydrogens (tertiary/aromatic N) is 2. The van der Waals surface area contributed by atoms with Crippen molar-refractivity contribution in [2.24, 2.45) is 0 Å². The first-order valence-corrected chi connectivity index (χ1v) is 5.14. The molecule has 1 rings (SSSR count). The van der Waals surface area contributed by atoms with Crippen LogP contribution in [-0.2, 0) is 11.8 Å². The Kier molecular flexibility index (Phi) is 2.83. The van der Waals surface area contributed by atoms with Gasteiger partial charge in [0.05, 0.1) is 0 Å². The van der Waals surface area contributed by atoms with E-state index in [-0.39, 0.29) is 5.41 Å². The molecule has 0 spiro atoms. The average Bonchev–Trinajstić information content (AvgIpc) is 2.35. The van der Waals surface area contributed by atoms with Gasteiger partial charge in [0.15, 0.2) is 0 Å². The van der Waals surface area contributed by atoms with Crippen molar-refractivity contribution in [1.82, 2.24) is 9.36 Å². The molecule has 0 bridgehead atoms. The molecule has 1 heterocycles. The van der Waals surface area contributed by atoms with E-state index in [0.717, 1.165) is 18.7 Å². The Bertz CT molecular complexity index is 247. The lowest BCUT2D eigenvalue weighted by atomic mass is 9.96. The fourth-order valence-corrected chi connectivity index (χ4v) is 1.80. The van der Waals surface area contributed by atoms with Crippen LogP contribution in [0.25, 0.3) is 0 Å². The molecule has 0 atom stereocenters. The van der Waals surface area contributed by atoms with Crippen molar-refractivity contribution in [3.05, 3.63) is 10.8 Å². The maximum Gasteiger partial charge on any atom is 0.147 e. The highest BCUT2D eigenvalue weighted by Gasteiger charge is 2.18. The van der Waals surface area contributed by atoms with E-state index in [4.69, 9.17) is 0 Å². The third-order valence-corrected chi connectivity index (χ3v) is 2.37. The number of hydrogen-bond donors (Lipinski definition) is 0. The summed E-state index contributed by atoms with van der Waals surface area (Å²) in [6.07, 6.45) is 2.21. The van der Waals surface area contributed by atoms with E-state index in [1.807, 2.05) is 0 Å². The Hall–Kier alpha value is -0.440. The summed E-state index contributed by atoms with van der Waals surface area (Å²) in [4.78, 5) is 4.48. The van der Waals surface area contributed by atoms with Crippen molar-refractivity contribution >= 4 is 11.5 Å². The Morgan fingerprint density at radius 2 is 2.00 bits per heavy atom. The number of aromatic nitrogens is 2. The average molecular weight is 184 g/mol. The second-order valence-corrected chi connectivity index (χ2v) is 4.85. The van der Waals surface area contributed by atoms with Crippen LogP contribution in [0.15, 0.2) is 0 Å². The van der Waals surface area contributed by atoms with Crippen molar-refractivity contribution in [2.45, 2.75) is 46.0 Å². The van der Waals surface area contributed by atoms with Crippen LogP contribution in [0.5, 0.6) is 0 Å². The molecule has 3 heteroatoms. The molecule has 0 aliphatic rings. The molecule has 68 valence electrons. The standard InChI is InChI=1S/C9H16N2S/c1-5-6-7-10-8(11-12-7)9(2,3)4/h5-6H2,1-4H3. The van der Waals surface area contributed by atoms with Gasteiger partial charge in [0.1, 0.15) is 10.8 Å². The molecule has 0 aliphatic heterocycles. The minimum absolute atomic E-state index is 0.0997. The summed E-state index contributed by atoms with van der Waals surface area (Å²) >= 11 is 1.54. The lowest BCUT2D eigenvalue weighted by Crippen LogP contribution is -2.13. The summed E-state index contributed by atoms with van der Waals surface area (Å²) in [6, 6.07) is 0. The highest BCUT2D eigenvalue weighted by atomic mass is 32.1. The summed E-state index contributed by atoms with van der Waals surface area (Å²) in [5.41, 5.74) is 0.0997. The predicted molar refractivity (Wildman–Crippen MR) is 52.6 cm³/mol. The van der Waals surface area contributed by atoms with E-state index < -0.39 is 0 Å². The molecule has 0 radical (unpaired) electrons. The van der Waals surface area contributed by atoms with Gasteiger partial charge < -0.3 is 0 Å². The Balaban J connectivity index is 2.77. The van der Waals surface area contributed by atoms with Gasteiger partial charge in [-0.25, -0.2) is 4.98 Å². The largest absolute Gasteiger partial charge is 0.224 e. The summed E-state index contributed by atoms with van der Waals surface area (Å²) in [5, 5.41) is 1.17. The first kappa shape index (κ1) is 9.65. The van der Waals surface area contributed by atoms with Crippen LogP contribution in [0.4, 0.5) is 0 Å². The lowest BCUT2D eigenvalue weighted by Gasteiger charge is -2.12. The first-order valence-electron chi connectivity index (χ1n) is 4.37. The minimum Gasteiger partial charge on any atom is -0.224 e. The van der Waals surface area contributed by atoms with Crippen molar-refractivity contribution in [3.63, 3.8) is 0 Å². The Labute approximate surface area is 78.2 Å². The van der Waals surface area contributed by atoms with Gasteiger partial charge in [0.2, 0.25) is 0 Å². The van der Waals surface area contributed by atoms with E-state index in [2.05, 4.69) is 37.1 Å². The van der Waals surface area contributed by atoms with Crippen LogP contribution in [0, 0.1) is 0 Å². The molecular weight excluding hydrogens is 168 g/mol. The van der Waals surface area contributed by atoms with E-state index in [0.29, 0.717) is 0 Å². The molecule has 0 saturated carbocycles. The molecule has 0 fully saturated rings. The predicted octanol–water partition coefficient (Wildman–Crippen LogP) is 2.79. The summed E-state index contributed by atoms with van der Waals surface area (Å²) in [5.74, 6) is 0.982. The zero-order chi connectivity index (χ0) is 9.19. The van der Waals surface area contributed by atoms with Gasteiger partial charge in [-0.15, -0.1) is 0 Å². The third kappa shape index (κ3) is 2.27. The minimum atomic E-state index is 0.0997. The maximum absolute atomic E-state index is 4.48. The van der Waals surface area contributed by atoms with Gasteiger partial charge in [-0.2, -0.15) is 4.37 Å².